The van der Waals surface area contributed by atoms with E-state index < -0.39 is 0 Å². The molecular weight excluding hydrogens is 412 g/mol. The van der Waals surface area contributed by atoms with Crippen molar-refractivity contribution in [2.24, 2.45) is 0 Å². The van der Waals surface area contributed by atoms with Crippen LogP contribution >= 0.6 is 11.6 Å². The minimum Gasteiger partial charge on any atom is -0.497 e. The molecule has 4 nitrogen and oxygen atoms in total. The van der Waals surface area contributed by atoms with E-state index in [-0.39, 0.29) is 17.2 Å². The van der Waals surface area contributed by atoms with Gasteiger partial charge in [-0.2, -0.15) is 0 Å². The number of hydrogen-bond acceptors (Lipinski definition) is 4. The monoisotopic (exact) mass is 438 g/mol. The van der Waals surface area contributed by atoms with Crippen molar-refractivity contribution < 1.29 is 18.9 Å². The maximum atomic E-state index is 7.16. The smallest absolute Gasteiger partial charge is 0.126 e. The summed E-state index contributed by atoms with van der Waals surface area (Å²) in [6.07, 6.45) is 0. The van der Waals surface area contributed by atoms with E-state index in [0.717, 1.165) is 39.7 Å². The number of hydrogen-bond donors (Lipinski definition) is 0. The van der Waals surface area contributed by atoms with Gasteiger partial charge >= 0.3 is 0 Å². The Balaban J connectivity index is 1.98. The van der Waals surface area contributed by atoms with Crippen LogP contribution in [-0.2, 0) is 0 Å². The molecule has 0 saturated carbocycles. The van der Waals surface area contributed by atoms with E-state index >= 15 is 0 Å². The van der Waals surface area contributed by atoms with Crippen molar-refractivity contribution >= 4 is 11.6 Å². The quantitative estimate of drug-likeness (QED) is 0.427. The van der Waals surface area contributed by atoms with E-state index in [1.54, 1.807) is 28.4 Å². The van der Waals surface area contributed by atoms with Gasteiger partial charge in [0.2, 0.25) is 0 Å². The molecule has 162 valence electrons. The molecule has 0 unspecified atom stereocenters. The molecule has 0 radical (unpaired) electrons. The fourth-order valence-electron chi connectivity index (χ4n) is 4.54. The Bertz CT molecular complexity index is 1060. The zero-order valence-corrected chi connectivity index (χ0v) is 19.2. The zero-order valence-electron chi connectivity index (χ0n) is 18.4. The van der Waals surface area contributed by atoms with Crippen molar-refractivity contribution in [3.05, 3.63) is 82.4 Å². The predicted molar refractivity (Wildman–Crippen MR) is 123 cm³/mol. The summed E-state index contributed by atoms with van der Waals surface area (Å²) >= 11 is 7.16. The van der Waals surface area contributed by atoms with E-state index in [1.165, 1.54) is 11.1 Å². The summed E-state index contributed by atoms with van der Waals surface area (Å²) in [6, 6.07) is 18.5. The Kier molecular flexibility index (Phi) is 6.01. The molecule has 3 aromatic rings. The number of rotatable bonds is 6. The van der Waals surface area contributed by atoms with Crippen LogP contribution in [0.1, 0.15) is 45.0 Å². The number of ether oxygens (including phenoxy) is 4. The molecule has 0 amide bonds. The maximum absolute atomic E-state index is 7.16. The summed E-state index contributed by atoms with van der Waals surface area (Å²) in [6.45, 7) is 2.09. The summed E-state index contributed by atoms with van der Waals surface area (Å²) < 4.78 is 22.5. The van der Waals surface area contributed by atoms with Gasteiger partial charge in [0.25, 0.3) is 0 Å². The van der Waals surface area contributed by atoms with Crippen LogP contribution in [0.4, 0.5) is 0 Å². The minimum absolute atomic E-state index is 0.00934. The molecule has 0 aromatic heterocycles. The van der Waals surface area contributed by atoms with Gasteiger partial charge in [-0.15, -0.1) is 11.6 Å². The molecule has 31 heavy (non-hydrogen) atoms. The van der Waals surface area contributed by atoms with Gasteiger partial charge in [-0.05, 0) is 41.8 Å². The van der Waals surface area contributed by atoms with Crippen LogP contribution in [0.2, 0.25) is 0 Å². The second-order valence-corrected chi connectivity index (χ2v) is 8.26. The summed E-state index contributed by atoms with van der Waals surface area (Å²) in [4.78, 5) is 0. The second kappa shape index (κ2) is 8.72. The molecule has 0 saturated heterocycles. The molecule has 0 bridgehead atoms. The highest BCUT2D eigenvalue weighted by atomic mass is 35.5. The van der Waals surface area contributed by atoms with Crippen LogP contribution in [0, 0.1) is 6.92 Å². The molecule has 0 aliphatic heterocycles. The van der Waals surface area contributed by atoms with E-state index in [1.807, 2.05) is 18.2 Å². The Morgan fingerprint density at radius 3 is 1.81 bits per heavy atom. The van der Waals surface area contributed by atoms with Gasteiger partial charge in [-0.1, -0.05) is 29.8 Å². The third kappa shape index (κ3) is 3.81. The van der Waals surface area contributed by atoms with Crippen molar-refractivity contribution in [1.29, 1.82) is 0 Å². The number of benzene rings is 3. The molecular formula is C26H27ClO4. The van der Waals surface area contributed by atoms with E-state index in [4.69, 9.17) is 30.5 Å². The maximum Gasteiger partial charge on any atom is 0.126 e. The number of methoxy groups -OCH3 is 4. The second-order valence-electron chi connectivity index (χ2n) is 7.79. The lowest BCUT2D eigenvalue weighted by Crippen LogP contribution is -2.10. The van der Waals surface area contributed by atoms with Crippen molar-refractivity contribution in [2.75, 3.05) is 28.4 Å². The summed E-state index contributed by atoms with van der Waals surface area (Å²) in [7, 11) is 6.66. The van der Waals surface area contributed by atoms with Crippen LogP contribution in [-0.4, -0.2) is 28.4 Å². The molecule has 0 heterocycles. The topological polar surface area (TPSA) is 36.9 Å². The standard InChI is InChI=1S/C26H27ClO4/c1-15-6-8-16(9-7-15)24-23(17-10-18(28-2)12-19(11-17)29-3)25-21(26(24)27)13-20(30-4)14-22(25)31-5/h6-14,23-24,26H,1-5H3/t23-,24-,26-/m1/s1. The number of halogens is 1. The number of aryl methyl sites for hydroxylation is 1. The minimum atomic E-state index is -0.246. The Hall–Kier alpha value is -2.85. The highest BCUT2D eigenvalue weighted by Gasteiger charge is 2.44. The van der Waals surface area contributed by atoms with Crippen molar-refractivity contribution in [1.82, 2.24) is 0 Å². The Morgan fingerprint density at radius 1 is 0.677 bits per heavy atom. The Morgan fingerprint density at radius 2 is 1.26 bits per heavy atom. The first-order valence-electron chi connectivity index (χ1n) is 10.2. The molecule has 4 rings (SSSR count). The molecule has 1 aliphatic carbocycles. The average molecular weight is 439 g/mol. The van der Waals surface area contributed by atoms with Crippen molar-refractivity contribution in [3.63, 3.8) is 0 Å². The van der Waals surface area contributed by atoms with E-state index in [9.17, 15) is 0 Å². The first-order valence-corrected chi connectivity index (χ1v) is 10.6. The SMILES string of the molecule is COc1cc(OC)cc([C@H]2c3c(OC)cc(OC)cc3[C@@H](Cl)[C@@H]2c2ccc(C)cc2)c1. The summed E-state index contributed by atoms with van der Waals surface area (Å²) in [5.41, 5.74) is 5.55. The fourth-order valence-corrected chi connectivity index (χ4v) is 5.02. The first-order chi connectivity index (χ1) is 15.0. The van der Waals surface area contributed by atoms with Crippen LogP contribution in [0.15, 0.2) is 54.6 Å². The lowest BCUT2D eigenvalue weighted by Gasteiger charge is -2.25. The first kappa shape index (κ1) is 21.4. The van der Waals surface area contributed by atoms with Crippen molar-refractivity contribution in [3.8, 4) is 23.0 Å². The third-order valence-corrected chi connectivity index (χ3v) is 6.59. The van der Waals surface area contributed by atoms with Gasteiger partial charge in [0.05, 0.1) is 33.8 Å². The van der Waals surface area contributed by atoms with Gasteiger partial charge in [0.1, 0.15) is 23.0 Å². The number of fused-ring (bicyclic) bond motifs is 1. The van der Waals surface area contributed by atoms with Gasteiger partial charge < -0.3 is 18.9 Å². The van der Waals surface area contributed by atoms with Gasteiger partial charge in [0.15, 0.2) is 0 Å². The van der Waals surface area contributed by atoms with Gasteiger partial charge in [0, 0.05) is 29.5 Å². The molecule has 0 spiro atoms. The normalized spacial score (nSPS) is 19.6. The lowest BCUT2D eigenvalue weighted by molar-refractivity contribution is 0.388. The molecule has 1 aliphatic rings. The fraction of sp³-hybridized carbons (Fsp3) is 0.308. The molecule has 5 heteroatoms. The van der Waals surface area contributed by atoms with Crippen LogP contribution in [0.5, 0.6) is 23.0 Å². The highest BCUT2D eigenvalue weighted by molar-refractivity contribution is 6.22. The third-order valence-electron chi connectivity index (χ3n) is 6.08. The predicted octanol–water partition coefficient (Wildman–Crippen LogP) is 6.24. The number of alkyl halides is 1. The largest absolute Gasteiger partial charge is 0.497 e. The summed E-state index contributed by atoms with van der Waals surface area (Å²) in [5.74, 6) is 2.95. The average Bonchev–Trinajstić information content (AvgIpc) is 3.10. The van der Waals surface area contributed by atoms with Gasteiger partial charge in [-0.25, -0.2) is 0 Å². The van der Waals surface area contributed by atoms with Gasteiger partial charge in [-0.3, -0.25) is 0 Å². The van der Waals surface area contributed by atoms with Crippen LogP contribution < -0.4 is 18.9 Å². The molecule has 0 fully saturated rings. The van der Waals surface area contributed by atoms with E-state index in [0.29, 0.717) is 0 Å². The Labute approximate surface area is 188 Å². The summed E-state index contributed by atoms with van der Waals surface area (Å²) in [5, 5.41) is -0.246. The van der Waals surface area contributed by atoms with Crippen molar-refractivity contribution in [2.45, 2.75) is 24.1 Å². The molecule has 3 atom stereocenters. The molecule has 0 N–H and O–H groups in total. The van der Waals surface area contributed by atoms with E-state index in [2.05, 4.69) is 43.3 Å². The zero-order chi connectivity index (χ0) is 22.1. The lowest BCUT2D eigenvalue weighted by atomic mass is 9.81. The van der Waals surface area contributed by atoms with Crippen LogP contribution in [0.25, 0.3) is 0 Å². The highest BCUT2D eigenvalue weighted by Crippen LogP contribution is 2.60. The molecule has 3 aromatic carbocycles. The van der Waals surface area contributed by atoms with Crippen LogP contribution in [0.3, 0.4) is 0 Å².